The van der Waals surface area contributed by atoms with Crippen LogP contribution < -0.4 is 5.32 Å². The molecule has 1 aromatic rings. The normalized spacial score (nSPS) is 12.3. The fourth-order valence-corrected chi connectivity index (χ4v) is 1.70. The molecule has 0 saturated carbocycles. The van der Waals surface area contributed by atoms with Gasteiger partial charge >= 0.3 is 5.97 Å². The molecule has 0 aliphatic carbocycles. The smallest absolute Gasteiger partial charge is 0.332 e. The number of aliphatic hydroxyl groups excluding tert-OH is 1. The SMILES string of the molecule is O=C(/C=C/c1cc(Br)ccc1F)NCC[C@H](O)C(=O)O. The average Bonchev–Trinajstić information content (AvgIpc) is 2.39. The van der Waals surface area contributed by atoms with Crippen LogP contribution in [0.25, 0.3) is 6.08 Å². The molecule has 0 aliphatic heterocycles. The van der Waals surface area contributed by atoms with Crippen molar-refractivity contribution in [1.29, 1.82) is 0 Å². The molecule has 0 radical (unpaired) electrons. The maximum atomic E-state index is 13.4. The second-order valence-corrected chi connectivity index (χ2v) is 4.85. The number of carbonyl (C=O) groups excluding carboxylic acids is 1. The highest BCUT2D eigenvalue weighted by Gasteiger charge is 2.12. The number of carboxylic acid groups (broad SMARTS) is 1. The Labute approximate surface area is 123 Å². The van der Waals surface area contributed by atoms with E-state index in [4.69, 9.17) is 10.2 Å². The minimum atomic E-state index is -1.51. The molecule has 1 rings (SSSR count). The zero-order valence-corrected chi connectivity index (χ0v) is 11.9. The standard InChI is InChI=1S/C13H13BrFNO4/c14-9-2-3-10(15)8(7-9)1-4-12(18)16-6-5-11(17)13(19)20/h1-4,7,11,17H,5-6H2,(H,16,18)(H,19,20)/b4-1+/t11-/m0/s1. The number of amides is 1. The zero-order valence-electron chi connectivity index (χ0n) is 10.3. The van der Waals surface area contributed by atoms with Crippen molar-refractivity contribution < 1.29 is 24.2 Å². The van der Waals surface area contributed by atoms with Crippen LogP contribution in [0.4, 0.5) is 4.39 Å². The molecular weight excluding hydrogens is 333 g/mol. The summed E-state index contributed by atoms with van der Waals surface area (Å²) in [6.07, 6.45) is 0.836. The summed E-state index contributed by atoms with van der Waals surface area (Å²) in [4.78, 5) is 21.7. The Bertz CT molecular complexity index is 533. The van der Waals surface area contributed by atoms with Gasteiger partial charge in [0, 0.05) is 29.1 Å². The Morgan fingerprint density at radius 1 is 1.45 bits per heavy atom. The van der Waals surface area contributed by atoms with Gasteiger partial charge < -0.3 is 15.5 Å². The van der Waals surface area contributed by atoms with E-state index in [0.29, 0.717) is 4.47 Å². The molecule has 7 heteroatoms. The number of carboxylic acids is 1. The fraction of sp³-hybridized carbons (Fsp3) is 0.231. The lowest BCUT2D eigenvalue weighted by Crippen LogP contribution is -2.28. The van der Waals surface area contributed by atoms with E-state index in [-0.39, 0.29) is 18.5 Å². The number of rotatable bonds is 6. The van der Waals surface area contributed by atoms with Crippen molar-refractivity contribution >= 4 is 33.9 Å². The fourth-order valence-electron chi connectivity index (χ4n) is 1.32. The molecule has 1 amide bonds. The van der Waals surface area contributed by atoms with Crippen LogP contribution in [-0.2, 0) is 9.59 Å². The van der Waals surface area contributed by atoms with E-state index in [0.717, 1.165) is 6.08 Å². The van der Waals surface area contributed by atoms with Gasteiger partial charge in [-0.3, -0.25) is 4.79 Å². The molecule has 1 aromatic carbocycles. The van der Waals surface area contributed by atoms with Gasteiger partial charge in [0.15, 0.2) is 6.10 Å². The molecule has 108 valence electrons. The lowest BCUT2D eigenvalue weighted by molar-refractivity contribution is -0.147. The number of carbonyl (C=O) groups is 2. The van der Waals surface area contributed by atoms with E-state index >= 15 is 0 Å². The van der Waals surface area contributed by atoms with Crippen LogP contribution in [0, 0.1) is 5.82 Å². The Morgan fingerprint density at radius 2 is 2.15 bits per heavy atom. The maximum absolute atomic E-state index is 13.4. The van der Waals surface area contributed by atoms with Gasteiger partial charge in [-0.1, -0.05) is 15.9 Å². The van der Waals surface area contributed by atoms with Crippen LogP contribution in [0.3, 0.4) is 0 Å². The topological polar surface area (TPSA) is 86.6 Å². The molecule has 0 unspecified atom stereocenters. The number of benzene rings is 1. The number of aliphatic hydroxyl groups is 1. The van der Waals surface area contributed by atoms with Crippen LogP contribution in [0.1, 0.15) is 12.0 Å². The lowest BCUT2D eigenvalue weighted by Gasteiger charge is -2.05. The Kier molecular flexibility index (Phi) is 6.33. The largest absolute Gasteiger partial charge is 0.479 e. The van der Waals surface area contributed by atoms with Crippen LogP contribution in [0.2, 0.25) is 0 Å². The number of halogens is 2. The molecule has 0 fully saturated rings. The van der Waals surface area contributed by atoms with Crippen LogP contribution >= 0.6 is 15.9 Å². The first-order chi connectivity index (χ1) is 9.40. The van der Waals surface area contributed by atoms with Crippen molar-refractivity contribution in [2.45, 2.75) is 12.5 Å². The van der Waals surface area contributed by atoms with Crippen LogP contribution in [0.15, 0.2) is 28.7 Å². The second-order valence-electron chi connectivity index (χ2n) is 3.93. The van der Waals surface area contributed by atoms with Gasteiger partial charge in [0.2, 0.25) is 5.91 Å². The average molecular weight is 346 g/mol. The van der Waals surface area contributed by atoms with Crippen molar-refractivity contribution in [2.75, 3.05) is 6.54 Å². The number of aliphatic carboxylic acids is 1. The van der Waals surface area contributed by atoms with Crippen molar-refractivity contribution in [1.82, 2.24) is 5.32 Å². The molecule has 1 atom stereocenters. The lowest BCUT2D eigenvalue weighted by atomic mass is 10.2. The van der Waals surface area contributed by atoms with Gasteiger partial charge in [-0.15, -0.1) is 0 Å². The van der Waals surface area contributed by atoms with Crippen molar-refractivity contribution in [2.24, 2.45) is 0 Å². The quantitative estimate of drug-likeness (QED) is 0.683. The highest BCUT2D eigenvalue weighted by molar-refractivity contribution is 9.10. The summed E-state index contributed by atoms with van der Waals surface area (Å²) in [6, 6.07) is 4.33. The first-order valence-corrected chi connectivity index (χ1v) is 6.51. The monoisotopic (exact) mass is 345 g/mol. The highest BCUT2D eigenvalue weighted by atomic mass is 79.9. The molecule has 3 N–H and O–H groups in total. The molecule has 20 heavy (non-hydrogen) atoms. The molecule has 0 spiro atoms. The molecular formula is C13H13BrFNO4. The summed E-state index contributed by atoms with van der Waals surface area (Å²) >= 11 is 3.19. The van der Waals surface area contributed by atoms with E-state index in [1.807, 2.05) is 0 Å². The van der Waals surface area contributed by atoms with Gasteiger partial charge in [-0.25, -0.2) is 9.18 Å². The van der Waals surface area contributed by atoms with Gasteiger partial charge in [0.1, 0.15) is 5.82 Å². The summed E-state index contributed by atoms with van der Waals surface area (Å²) in [5.74, 6) is -2.30. The Morgan fingerprint density at radius 3 is 2.80 bits per heavy atom. The first-order valence-electron chi connectivity index (χ1n) is 5.72. The van der Waals surface area contributed by atoms with Crippen LogP contribution in [-0.4, -0.2) is 34.7 Å². The predicted octanol–water partition coefficient (Wildman–Crippen LogP) is 1.55. The highest BCUT2D eigenvalue weighted by Crippen LogP contribution is 2.16. The minimum absolute atomic E-state index is 0.0115. The van der Waals surface area contributed by atoms with Crippen molar-refractivity contribution in [3.63, 3.8) is 0 Å². The Hall–Kier alpha value is -1.73. The van der Waals surface area contributed by atoms with Crippen molar-refractivity contribution in [3.8, 4) is 0 Å². The first kappa shape index (κ1) is 16.3. The van der Waals surface area contributed by atoms with E-state index < -0.39 is 23.8 Å². The second kappa shape index (κ2) is 7.76. The molecule has 0 bridgehead atoms. The molecule has 0 heterocycles. The third-order valence-electron chi connectivity index (χ3n) is 2.37. The van der Waals surface area contributed by atoms with E-state index in [1.54, 1.807) is 6.07 Å². The number of nitrogens with one attached hydrogen (secondary N) is 1. The summed E-state index contributed by atoms with van der Waals surface area (Å²) < 4.78 is 14.0. The minimum Gasteiger partial charge on any atom is -0.479 e. The number of hydrogen-bond acceptors (Lipinski definition) is 3. The third kappa shape index (κ3) is 5.50. The van der Waals surface area contributed by atoms with Gasteiger partial charge in [-0.2, -0.15) is 0 Å². The molecule has 0 aromatic heterocycles. The zero-order chi connectivity index (χ0) is 15.1. The molecule has 5 nitrogen and oxygen atoms in total. The van der Waals surface area contributed by atoms with Crippen LogP contribution in [0.5, 0.6) is 0 Å². The predicted molar refractivity (Wildman–Crippen MR) is 74.4 cm³/mol. The maximum Gasteiger partial charge on any atom is 0.332 e. The third-order valence-corrected chi connectivity index (χ3v) is 2.87. The summed E-state index contributed by atoms with van der Waals surface area (Å²) in [7, 11) is 0. The summed E-state index contributed by atoms with van der Waals surface area (Å²) in [6.45, 7) is 0.0115. The molecule has 0 aliphatic rings. The Balaban J connectivity index is 2.48. The van der Waals surface area contributed by atoms with Gasteiger partial charge in [0.25, 0.3) is 0 Å². The summed E-state index contributed by atoms with van der Waals surface area (Å²) in [5, 5.41) is 19.8. The summed E-state index contributed by atoms with van der Waals surface area (Å²) in [5.41, 5.74) is 0.250. The van der Waals surface area contributed by atoms with Gasteiger partial charge in [0.05, 0.1) is 0 Å². The van der Waals surface area contributed by atoms with E-state index in [2.05, 4.69) is 21.2 Å². The van der Waals surface area contributed by atoms with E-state index in [9.17, 15) is 14.0 Å². The number of hydrogen-bond donors (Lipinski definition) is 3. The van der Waals surface area contributed by atoms with Crippen molar-refractivity contribution in [3.05, 3.63) is 40.1 Å². The van der Waals surface area contributed by atoms with E-state index in [1.165, 1.54) is 18.2 Å². The van der Waals surface area contributed by atoms with Gasteiger partial charge in [-0.05, 0) is 24.3 Å². The molecule has 0 saturated heterocycles.